The van der Waals surface area contributed by atoms with Crippen LogP contribution in [0.15, 0.2) is 5.38 Å². The molecule has 1 aliphatic rings. The van der Waals surface area contributed by atoms with Crippen LogP contribution in [0.5, 0.6) is 0 Å². The normalized spacial score (nSPS) is 21.8. The Morgan fingerprint density at radius 2 is 2.00 bits per heavy atom. The van der Waals surface area contributed by atoms with Gasteiger partial charge >= 0.3 is 0 Å². The van der Waals surface area contributed by atoms with Crippen LogP contribution in [0.2, 0.25) is 0 Å². The largest absolute Gasteiger partial charge is 0.388 e. The number of hydrogen-bond acceptors (Lipinski definition) is 4. The van der Waals surface area contributed by atoms with Gasteiger partial charge in [0.2, 0.25) is 0 Å². The topological polar surface area (TPSA) is 45.1 Å². The maximum atomic E-state index is 10.5. The fourth-order valence-corrected chi connectivity index (χ4v) is 3.15. The molecule has 1 fully saturated rings. The first-order valence-corrected chi connectivity index (χ1v) is 7.71. The molecule has 0 atom stereocenters. The SMILES string of the molecule is CCc1csc(NCC2(O)CCC(C)(C)CC2)n1. The molecule has 3 nitrogen and oxygen atoms in total. The van der Waals surface area contributed by atoms with Crippen molar-refractivity contribution in [1.29, 1.82) is 0 Å². The summed E-state index contributed by atoms with van der Waals surface area (Å²) in [4.78, 5) is 4.47. The molecule has 0 saturated heterocycles. The van der Waals surface area contributed by atoms with Gasteiger partial charge in [0.15, 0.2) is 5.13 Å². The van der Waals surface area contributed by atoms with Crippen LogP contribution in [0.25, 0.3) is 0 Å². The van der Waals surface area contributed by atoms with Crippen molar-refractivity contribution < 1.29 is 5.11 Å². The van der Waals surface area contributed by atoms with Crippen molar-refractivity contribution in [2.45, 2.75) is 58.5 Å². The minimum absolute atomic E-state index is 0.392. The van der Waals surface area contributed by atoms with Gasteiger partial charge in [-0.15, -0.1) is 11.3 Å². The second kappa shape index (κ2) is 5.17. The lowest BCUT2D eigenvalue weighted by Gasteiger charge is -2.40. The van der Waals surface area contributed by atoms with Crippen LogP contribution in [-0.4, -0.2) is 22.2 Å². The third kappa shape index (κ3) is 3.45. The van der Waals surface area contributed by atoms with Crippen LogP contribution >= 0.6 is 11.3 Å². The standard InChI is InChI=1S/C14H24N2OS/c1-4-11-9-18-12(16-11)15-10-14(17)7-5-13(2,3)6-8-14/h9,17H,4-8,10H2,1-3H3,(H,15,16). The van der Waals surface area contributed by atoms with Crippen molar-refractivity contribution in [1.82, 2.24) is 4.98 Å². The molecule has 0 amide bonds. The minimum Gasteiger partial charge on any atom is -0.388 e. The molecule has 2 rings (SSSR count). The van der Waals surface area contributed by atoms with Gasteiger partial charge in [-0.05, 0) is 37.5 Å². The number of aryl methyl sites for hydroxylation is 1. The van der Waals surface area contributed by atoms with E-state index in [1.807, 2.05) is 0 Å². The van der Waals surface area contributed by atoms with Crippen molar-refractivity contribution in [3.63, 3.8) is 0 Å². The first-order chi connectivity index (χ1) is 8.42. The highest BCUT2D eigenvalue weighted by Crippen LogP contribution is 2.40. The Bertz CT molecular complexity index is 390. The molecule has 1 heterocycles. The summed E-state index contributed by atoms with van der Waals surface area (Å²) >= 11 is 1.63. The van der Waals surface area contributed by atoms with Crippen LogP contribution in [-0.2, 0) is 6.42 Å². The summed E-state index contributed by atoms with van der Waals surface area (Å²) in [7, 11) is 0. The highest BCUT2D eigenvalue weighted by atomic mass is 32.1. The smallest absolute Gasteiger partial charge is 0.182 e. The van der Waals surface area contributed by atoms with Crippen LogP contribution in [0.3, 0.4) is 0 Å². The molecule has 1 aliphatic carbocycles. The Hall–Kier alpha value is -0.610. The van der Waals surface area contributed by atoms with E-state index in [-0.39, 0.29) is 0 Å². The first-order valence-electron chi connectivity index (χ1n) is 6.83. The van der Waals surface area contributed by atoms with Gasteiger partial charge in [-0.1, -0.05) is 20.8 Å². The number of thiazole rings is 1. The van der Waals surface area contributed by atoms with Crippen molar-refractivity contribution in [3.05, 3.63) is 11.1 Å². The second-order valence-electron chi connectivity index (χ2n) is 6.24. The van der Waals surface area contributed by atoms with Gasteiger partial charge in [-0.3, -0.25) is 0 Å². The van der Waals surface area contributed by atoms with E-state index in [4.69, 9.17) is 0 Å². The van der Waals surface area contributed by atoms with Crippen LogP contribution in [0.4, 0.5) is 5.13 Å². The molecule has 0 aliphatic heterocycles. The highest BCUT2D eigenvalue weighted by molar-refractivity contribution is 7.13. The fourth-order valence-electron chi connectivity index (χ4n) is 2.36. The lowest BCUT2D eigenvalue weighted by molar-refractivity contribution is -0.0145. The van der Waals surface area contributed by atoms with Gasteiger partial charge in [0, 0.05) is 11.9 Å². The van der Waals surface area contributed by atoms with E-state index >= 15 is 0 Å². The summed E-state index contributed by atoms with van der Waals surface area (Å²) in [6.07, 6.45) is 4.95. The molecule has 4 heteroatoms. The average Bonchev–Trinajstić information content (AvgIpc) is 2.79. The predicted molar refractivity (Wildman–Crippen MR) is 77.2 cm³/mol. The van der Waals surface area contributed by atoms with Gasteiger partial charge in [-0.2, -0.15) is 0 Å². The zero-order valence-corrected chi connectivity index (χ0v) is 12.4. The van der Waals surface area contributed by atoms with Gasteiger partial charge in [0.1, 0.15) is 0 Å². The molecule has 1 aromatic rings. The van der Waals surface area contributed by atoms with Gasteiger partial charge in [-0.25, -0.2) is 4.98 Å². The summed E-state index contributed by atoms with van der Waals surface area (Å²) in [5, 5.41) is 16.9. The van der Waals surface area contributed by atoms with Crippen molar-refractivity contribution in [3.8, 4) is 0 Å². The van der Waals surface area contributed by atoms with Crippen molar-refractivity contribution in [2.75, 3.05) is 11.9 Å². The Morgan fingerprint density at radius 1 is 1.33 bits per heavy atom. The summed E-state index contributed by atoms with van der Waals surface area (Å²) in [5.74, 6) is 0. The average molecular weight is 268 g/mol. The minimum atomic E-state index is -0.548. The highest BCUT2D eigenvalue weighted by Gasteiger charge is 2.36. The second-order valence-corrected chi connectivity index (χ2v) is 7.10. The molecular formula is C14H24N2OS. The van der Waals surface area contributed by atoms with Crippen LogP contribution in [0.1, 0.15) is 52.1 Å². The molecular weight excluding hydrogens is 244 g/mol. The summed E-state index contributed by atoms with van der Waals surface area (Å²) in [6, 6.07) is 0. The number of nitrogens with zero attached hydrogens (tertiary/aromatic N) is 1. The summed E-state index contributed by atoms with van der Waals surface area (Å²) in [6.45, 7) is 7.30. The molecule has 0 aromatic carbocycles. The van der Waals surface area contributed by atoms with E-state index in [2.05, 4.69) is 36.5 Å². The number of nitrogens with one attached hydrogen (secondary N) is 1. The zero-order chi connectivity index (χ0) is 13.2. The quantitative estimate of drug-likeness (QED) is 0.879. The Labute approximate surface area is 114 Å². The van der Waals surface area contributed by atoms with Gasteiger partial charge in [0.05, 0.1) is 11.3 Å². The Balaban J connectivity index is 1.86. The van der Waals surface area contributed by atoms with Crippen LogP contribution in [0, 0.1) is 5.41 Å². The van der Waals surface area contributed by atoms with Crippen LogP contribution < -0.4 is 5.32 Å². The number of aromatic nitrogens is 1. The summed E-state index contributed by atoms with van der Waals surface area (Å²) < 4.78 is 0. The van der Waals surface area contributed by atoms with E-state index in [1.165, 1.54) is 0 Å². The maximum absolute atomic E-state index is 10.5. The first kappa shape index (κ1) is 13.8. The molecule has 0 spiro atoms. The number of anilines is 1. The molecule has 102 valence electrons. The molecule has 0 bridgehead atoms. The van der Waals surface area contributed by atoms with E-state index in [1.54, 1.807) is 11.3 Å². The number of aliphatic hydroxyl groups is 1. The number of hydrogen-bond donors (Lipinski definition) is 2. The van der Waals surface area contributed by atoms with Gasteiger partial charge < -0.3 is 10.4 Å². The monoisotopic (exact) mass is 268 g/mol. The maximum Gasteiger partial charge on any atom is 0.182 e. The van der Waals surface area contributed by atoms with Crippen molar-refractivity contribution in [2.24, 2.45) is 5.41 Å². The van der Waals surface area contributed by atoms with E-state index in [9.17, 15) is 5.11 Å². The molecule has 0 unspecified atom stereocenters. The van der Waals surface area contributed by atoms with E-state index in [0.717, 1.165) is 42.9 Å². The predicted octanol–water partition coefficient (Wildman–Crippen LogP) is 3.45. The Kier molecular flexibility index (Phi) is 3.97. The zero-order valence-electron chi connectivity index (χ0n) is 11.6. The summed E-state index contributed by atoms with van der Waals surface area (Å²) in [5.41, 5.74) is 0.968. The lowest BCUT2D eigenvalue weighted by atomic mass is 9.71. The number of rotatable bonds is 4. The molecule has 1 aromatic heterocycles. The molecule has 1 saturated carbocycles. The molecule has 2 N–H and O–H groups in total. The lowest BCUT2D eigenvalue weighted by Crippen LogP contribution is -2.42. The van der Waals surface area contributed by atoms with Gasteiger partial charge in [0.25, 0.3) is 0 Å². The van der Waals surface area contributed by atoms with Crippen molar-refractivity contribution >= 4 is 16.5 Å². The Morgan fingerprint density at radius 3 is 2.56 bits per heavy atom. The van der Waals surface area contributed by atoms with E-state index in [0.29, 0.717) is 12.0 Å². The third-order valence-corrected chi connectivity index (χ3v) is 4.87. The molecule has 0 radical (unpaired) electrons. The fraction of sp³-hybridized carbons (Fsp3) is 0.786. The van der Waals surface area contributed by atoms with E-state index < -0.39 is 5.60 Å². The molecule has 18 heavy (non-hydrogen) atoms. The third-order valence-electron chi connectivity index (χ3n) is 4.02.